The van der Waals surface area contributed by atoms with Crippen LogP contribution in [0.4, 0.5) is 5.82 Å². The van der Waals surface area contributed by atoms with Gasteiger partial charge in [0.25, 0.3) is 0 Å². The van der Waals surface area contributed by atoms with Crippen LogP contribution in [0.5, 0.6) is 0 Å². The number of rotatable bonds is 3. The van der Waals surface area contributed by atoms with Crippen molar-refractivity contribution in [3.8, 4) is 0 Å². The molecular weight excluding hydrogens is 214 g/mol. The van der Waals surface area contributed by atoms with Crippen molar-refractivity contribution in [2.45, 2.75) is 9.24 Å². The highest BCUT2D eigenvalue weighted by Crippen LogP contribution is 2.30. The minimum atomic E-state index is 0.846. The molecule has 0 aromatic carbocycles. The summed E-state index contributed by atoms with van der Waals surface area (Å²) in [6, 6.07) is 6.05. The van der Waals surface area contributed by atoms with Gasteiger partial charge in [0, 0.05) is 13.1 Å². The number of hydrogen-bond donors (Lipinski definition) is 1. The molecule has 2 aromatic rings. The van der Waals surface area contributed by atoms with Crippen molar-refractivity contribution in [3.63, 3.8) is 0 Å². The fourth-order valence-electron chi connectivity index (χ4n) is 0.957. The quantitative estimate of drug-likeness (QED) is 0.812. The van der Waals surface area contributed by atoms with E-state index in [9.17, 15) is 0 Å². The van der Waals surface area contributed by atoms with Crippen LogP contribution in [-0.4, -0.2) is 17.0 Å². The van der Waals surface area contributed by atoms with Crippen LogP contribution >= 0.6 is 23.1 Å². The van der Waals surface area contributed by atoms with Crippen LogP contribution in [0.15, 0.2) is 39.1 Å². The highest BCUT2D eigenvalue weighted by atomic mass is 32.2. The summed E-state index contributed by atoms with van der Waals surface area (Å²) in [6.45, 7) is 0. The fourth-order valence-corrected chi connectivity index (χ4v) is 2.64. The smallest absolute Gasteiger partial charge is 0.130 e. The average Bonchev–Trinajstić information content (AvgIpc) is 2.71. The fraction of sp³-hybridized carbons (Fsp3) is 0.111. The van der Waals surface area contributed by atoms with Crippen molar-refractivity contribution in [3.05, 3.63) is 29.9 Å². The molecule has 0 saturated heterocycles. The summed E-state index contributed by atoms with van der Waals surface area (Å²) in [7, 11) is 1.85. The second-order valence-corrected chi connectivity index (χ2v) is 4.79. The van der Waals surface area contributed by atoms with E-state index >= 15 is 0 Å². The molecular formula is C9H9N3S2. The standard InChI is InChI=1S/C9H9N3S2/c1-10-7-5-8(12-6-11-7)14-9-3-2-4-13-9/h2-6H,1H3,(H,10,11,12). The van der Waals surface area contributed by atoms with Crippen LogP contribution in [0.2, 0.25) is 0 Å². The molecule has 14 heavy (non-hydrogen) atoms. The number of nitrogens with one attached hydrogen (secondary N) is 1. The van der Waals surface area contributed by atoms with E-state index in [0.29, 0.717) is 0 Å². The zero-order valence-electron chi connectivity index (χ0n) is 7.60. The first-order valence-electron chi connectivity index (χ1n) is 4.09. The normalized spacial score (nSPS) is 10.1. The number of nitrogens with zero attached hydrogens (tertiary/aromatic N) is 2. The maximum Gasteiger partial charge on any atom is 0.130 e. The summed E-state index contributed by atoms with van der Waals surface area (Å²) < 4.78 is 1.24. The molecule has 0 fully saturated rings. The van der Waals surface area contributed by atoms with Crippen LogP contribution in [0, 0.1) is 0 Å². The molecule has 0 atom stereocenters. The third-order valence-electron chi connectivity index (χ3n) is 1.60. The van der Waals surface area contributed by atoms with Gasteiger partial charge >= 0.3 is 0 Å². The van der Waals surface area contributed by atoms with Gasteiger partial charge in [-0.3, -0.25) is 0 Å². The summed E-state index contributed by atoms with van der Waals surface area (Å²) in [5.41, 5.74) is 0. The van der Waals surface area contributed by atoms with Gasteiger partial charge in [0.1, 0.15) is 17.2 Å². The van der Waals surface area contributed by atoms with E-state index in [1.165, 1.54) is 4.21 Å². The Morgan fingerprint density at radius 1 is 1.43 bits per heavy atom. The lowest BCUT2D eigenvalue weighted by Gasteiger charge is -2.00. The molecule has 0 spiro atoms. The van der Waals surface area contributed by atoms with Gasteiger partial charge in [-0.15, -0.1) is 11.3 Å². The lowest BCUT2D eigenvalue weighted by Crippen LogP contribution is -1.92. The molecule has 0 saturated carbocycles. The Morgan fingerprint density at radius 3 is 3.07 bits per heavy atom. The van der Waals surface area contributed by atoms with Gasteiger partial charge in [-0.2, -0.15) is 0 Å². The first-order chi connectivity index (χ1) is 6.88. The summed E-state index contributed by atoms with van der Waals surface area (Å²) in [5, 5.41) is 6.01. The van der Waals surface area contributed by atoms with E-state index in [4.69, 9.17) is 0 Å². The minimum Gasteiger partial charge on any atom is -0.373 e. The molecule has 2 aromatic heterocycles. The van der Waals surface area contributed by atoms with Gasteiger partial charge in [0.15, 0.2) is 0 Å². The molecule has 0 aliphatic rings. The molecule has 5 heteroatoms. The number of hydrogen-bond acceptors (Lipinski definition) is 5. The molecule has 2 rings (SSSR count). The Kier molecular flexibility index (Phi) is 3.00. The summed E-state index contributed by atoms with van der Waals surface area (Å²) in [4.78, 5) is 8.24. The first kappa shape index (κ1) is 9.48. The van der Waals surface area contributed by atoms with Gasteiger partial charge < -0.3 is 5.32 Å². The van der Waals surface area contributed by atoms with Crippen LogP contribution in [0.25, 0.3) is 0 Å². The van der Waals surface area contributed by atoms with Gasteiger partial charge in [-0.1, -0.05) is 17.8 Å². The molecule has 3 nitrogen and oxygen atoms in total. The third-order valence-corrected chi connectivity index (χ3v) is 3.57. The van der Waals surface area contributed by atoms with E-state index in [1.807, 2.05) is 19.2 Å². The lowest BCUT2D eigenvalue weighted by atomic mass is 10.6. The highest BCUT2D eigenvalue weighted by Gasteiger charge is 2.00. The highest BCUT2D eigenvalue weighted by molar-refractivity contribution is 8.01. The maximum atomic E-state index is 4.18. The van der Waals surface area contributed by atoms with Crippen molar-refractivity contribution in [2.24, 2.45) is 0 Å². The molecule has 2 heterocycles. The number of anilines is 1. The Bertz CT molecular complexity index is 400. The van der Waals surface area contributed by atoms with Gasteiger partial charge in [0.05, 0.1) is 4.21 Å². The Balaban J connectivity index is 2.17. The molecule has 0 amide bonds. The molecule has 0 unspecified atom stereocenters. The van der Waals surface area contributed by atoms with Gasteiger partial charge in [0.2, 0.25) is 0 Å². The van der Waals surface area contributed by atoms with Crippen LogP contribution in [0.3, 0.4) is 0 Å². The van der Waals surface area contributed by atoms with Crippen molar-refractivity contribution in [1.82, 2.24) is 9.97 Å². The molecule has 0 bridgehead atoms. The van der Waals surface area contributed by atoms with Crippen molar-refractivity contribution in [1.29, 1.82) is 0 Å². The second-order valence-electron chi connectivity index (χ2n) is 2.53. The summed E-state index contributed by atoms with van der Waals surface area (Å²) in [5.74, 6) is 0.846. The van der Waals surface area contributed by atoms with E-state index in [0.717, 1.165) is 10.8 Å². The zero-order valence-corrected chi connectivity index (χ0v) is 9.23. The van der Waals surface area contributed by atoms with Crippen molar-refractivity contribution in [2.75, 3.05) is 12.4 Å². The molecule has 1 N–H and O–H groups in total. The third kappa shape index (κ3) is 2.24. The number of thiophene rings is 1. The van der Waals surface area contributed by atoms with Crippen LogP contribution in [-0.2, 0) is 0 Å². The average molecular weight is 223 g/mol. The lowest BCUT2D eigenvalue weighted by molar-refractivity contribution is 1.05. The van der Waals surface area contributed by atoms with E-state index < -0.39 is 0 Å². The van der Waals surface area contributed by atoms with Crippen LogP contribution < -0.4 is 5.32 Å². The van der Waals surface area contributed by atoms with E-state index in [1.54, 1.807) is 29.4 Å². The Morgan fingerprint density at radius 2 is 2.36 bits per heavy atom. The molecule has 0 radical (unpaired) electrons. The van der Waals surface area contributed by atoms with Crippen LogP contribution in [0.1, 0.15) is 0 Å². The predicted octanol–water partition coefficient (Wildman–Crippen LogP) is 2.73. The Hall–Kier alpha value is -1.07. The van der Waals surface area contributed by atoms with Crippen molar-refractivity contribution < 1.29 is 0 Å². The SMILES string of the molecule is CNc1cc(Sc2cccs2)ncn1. The van der Waals surface area contributed by atoms with Gasteiger partial charge in [-0.05, 0) is 11.4 Å². The zero-order chi connectivity index (χ0) is 9.80. The topological polar surface area (TPSA) is 37.8 Å². The molecule has 0 aliphatic heterocycles. The summed E-state index contributed by atoms with van der Waals surface area (Å²) >= 11 is 3.36. The minimum absolute atomic E-state index is 0.846. The van der Waals surface area contributed by atoms with E-state index in [-0.39, 0.29) is 0 Å². The molecule has 72 valence electrons. The predicted molar refractivity (Wildman–Crippen MR) is 60.0 cm³/mol. The molecule has 0 aliphatic carbocycles. The largest absolute Gasteiger partial charge is 0.373 e. The Labute approximate surface area is 90.6 Å². The summed E-state index contributed by atoms with van der Waals surface area (Å²) in [6.07, 6.45) is 1.57. The number of aromatic nitrogens is 2. The maximum absolute atomic E-state index is 4.18. The first-order valence-corrected chi connectivity index (χ1v) is 5.79. The second kappa shape index (κ2) is 4.43. The van der Waals surface area contributed by atoms with E-state index in [2.05, 4.69) is 26.7 Å². The van der Waals surface area contributed by atoms with Gasteiger partial charge in [-0.25, -0.2) is 9.97 Å². The monoisotopic (exact) mass is 223 g/mol. The van der Waals surface area contributed by atoms with Crippen molar-refractivity contribution >= 4 is 28.9 Å².